The van der Waals surface area contributed by atoms with E-state index in [4.69, 9.17) is 4.74 Å². The monoisotopic (exact) mass is 435 g/mol. The van der Waals surface area contributed by atoms with Crippen LogP contribution in [0.15, 0.2) is 0 Å². The summed E-state index contributed by atoms with van der Waals surface area (Å²) in [6.07, 6.45) is -1.38. The fraction of sp³-hybridized carbons (Fsp3) is 0.706. The maximum Gasteiger partial charge on any atom is 0.408 e. The van der Waals surface area contributed by atoms with Crippen molar-refractivity contribution < 1.29 is 48.4 Å². The van der Waals surface area contributed by atoms with E-state index in [2.05, 4.69) is 25.4 Å². The number of carboxylic acid groups (broad SMARTS) is 2. The van der Waals surface area contributed by atoms with Crippen molar-refractivity contribution >= 4 is 30.0 Å². The lowest BCUT2D eigenvalue weighted by atomic mass is 10.2. The Morgan fingerprint density at radius 2 is 1.33 bits per heavy atom. The van der Waals surface area contributed by atoms with Gasteiger partial charge >= 0.3 is 30.0 Å². The third-order valence-electron chi connectivity index (χ3n) is 3.51. The van der Waals surface area contributed by atoms with Gasteiger partial charge in [0.25, 0.3) is 0 Å². The summed E-state index contributed by atoms with van der Waals surface area (Å²) < 4.78 is 14.0. The van der Waals surface area contributed by atoms with Crippen LogP contribution in [0.4, 0.5) is 4.79 Å². The van der Waals surface area contributed by atoms with Gasteiger partial charge in [-0.3, -0.25) is 14.4 Å². The number of hydrogen-bond acceptors (Lipinski definition) is 10. The van der Waals surface area contributed by atoms with Crippen LogP contribution in [0.3, 0.4) is 0 Å². The molecule has 0 saturated carbocycles. The zero-order valence-corrected chi connectivity index (χ0v) is 17.5. The van der Waals surface area contributed by atoms with E-state index in [-0.39, 0.29) is 6.54 Å². The average Bonchev–Trinajstić information content (AvgIpc) is 2.62. The first-order valence-electron chi connectivity index (χ1n) is 8.87. The Labute approximate surface area is 173 Å². The highest BCUT2D eigenvalue weighted by Crippen LogP contribution is 2.06. The summed E-state index contributed by atoms with van der Waals surface area (Å²) in [6.45, 7) is 3.98. The normalized spacial score (nSPS) is 14.0. The maximum atomic E-state index is 11.8. The van der Waals surface area contributed by atoms with Crippen LogP contribution in [0.2, 0.25) is 0 Å². The number of rotatable bonds is 12. The minimum Gasteiger partial charge on any atom is -0.480 e. The first kappa shape index (κ1) is 27.1. The fourth-order valence-corrected chi connectivity index (χ4v) is 2.05. The molecule has 13 heteroatoms. The summed E-state index contributed by atoms with van der Waals surface area (Å²) in [6, 6.07) is -3.99. The molecule has 0 heterocycles. The van der Waals surface area contributed by atoms with E-state index in [0.29, 0.717) is 0 Å². The summed E-state index contributed by atoms with van der Waals surface area (Å²) >= 11 is 0. The molecule has 0 radical (unpaired) electrons. The zero-order valence-electron chi connectivity index (χ0n) is 17.5. The first-order chi connectivity index (χ1) is 13.8. The van der Waals surface area contributed by atoms with Crippen molar-refractivity contribution in [1.29, 1.82) is 0 Å². The summed E-state index contributed by atoms with van der Waals surface area (Å²) in [5, 5.41) is 25.7. The second-order valence-electron chi connectivity index (χ2n) is 7.10. The molecule has 0 bridgehead atoms. The molecule has 0 aliphatic rings. The second kappa shape index (κ2) is 12.6. The second-order valence-corrected chi connectivity index (χ2v) is 7.10. The third kappa shape index (κ3) is 11.2. The predicted molar refractivity (Wildman–Crippen MR) is 101 cm³/mol. The quantitative estimate of drug-likeness (QED) is 0.180. The molecule has 0 aliphatic carbocycles. The van der Waals surface area contributed by atoms with E-state index in [9.17, 15) is 34.2 Å². The van der Waals surface area contributed by atoms with Gasteiger partial charge in [0, 0.05) is 13.1 Å². The number of alkyl carbamates (subject to hydrolysis) is 1. The molecule has 1 amide bonds. The van der Waals surface area contributed by atoms with E-state index in [1.807, 2.05) is 0 Å². The average molecular weight is 435 g/mol. The van der Waals surface area contributed by atoms with Gasteiger partial charge in [-0.1, -0.05) is 0 Å². The lowest BCUT2D eigenvalue weighted by molar-refractivity contribution is -0.149. The van der Waals surface area contributed by atoms with E-state index >= 15 is 0 Å². The predicted octanol–water partition coefficient (Wildman–Crippen LogP) is -1.30. The van der Waals surface area contributed by atoms with E-state index in [1.54, 1.807) is 20.8 Å². The van der Waals surface area contributed by atoms with Crippen LogP contribution in [-0.2, 0) is 33.4 Å². The molecule has 30 heavy (non-hydrogen) atoms. The SMILES string of the molecule is COC(=O)C[C@H](NC[C@@H](NC[C@@H](NC(=O)OC(C)(C)C)C(=O)O)C(=O)O)C(=O)OC. The Balaban J connectivity index is 4.97. The van der Waals surface area contributed by atoms with Crippen molar-refractivity contribution in [3.63, 3.8) is 0 Å². The smallest absolute Gasteiger partial charge is 0.408 e. The van der Waals surface area contributed by atoms with Gasteiger partial charge < -0.3 is 40.4 Å². The van der Waals surface area contributed by atoms with Crippen LogP contribution in [0.5, 0.6) is 0 Å². The summed E-state index contributed by atoms with van der Waals surface area (Å²) in [7, 11) is 2.23. The lowest BCUT2D eigenvalue weighted by Crippen LogP contribution is -2.55. The Kier molecular flexibility index (Phi) is 11.4. The summed E-state index contributed by atoms with van der Waals surface area (Å²) in [4.78, 5) is 57.7. The molecular weight excluding hydrogens is 406 g/mol. The van der Waals surface area contributed by atoms with Crippen molar-refractivity contribution in [2.45, 2.75) is 50.9 Å². The number of methoxy groups -OCH3 is 2. The molecule has 3 atom stereocenters. The molecule has 0 aliphatic heterocycles. The first-order valence-corrected chi connectivity index (χ1v) is 8.87. The van der Waals surface area contributed by atoms with Crippen LogP contribution < -0.4 is 16.0 Å². The van der Waals surface area contributed by atoms with Gasteiger partial charge in [0.05, 0.1) is 20.6 Å². The van der Waals surface area contributed by atoms with Gasteiger partial charge in [-0.2, -0.15) is 0 Å². The third-order valence-corrected chi connectivity index (χ3v) is 3.51. The van der Waals surface area contributed by atoms with Gasteiger partial charge in [0.2, 0.25) is 0 Å². The highest BCUT2D eigenvalue weighted by Gasteiger charge is 2.28. The summed E-state index contributed by atoms with van der Waals surface area (Å²) in [5.41, 5.74) is -0.851. The molecule has 0 aromatic rings. The Morgan fingerprint density at radius 3 is 1.77 bits per heavy atom. The van der Waals surface area contributed by atoms with Crippen LogP contribution in [0.1, 0.15) is 27.2 Å². The lowest BCUT2D eigenvalue weighted by Gasteiger charge is -2.24. The standard InChI is InChI=1S/C17H29N3O10/c1-17(2,3)30-16(27)20-11(14(24)25)8-19-10(13(22)23)7-18-9(15(26)29-5)6-12(21)28-4/h9-11,18-19H,6-8H2,1-5H3,(H,20,27)(H,22,23)(H,24,25)/t9-,10+,11+/m0/s1. The Hall–Kier alpha value is -2.93. The molecule has 172 valence electrons. The number of carbonyl (C=O) groups excluding carboxylic acids is 3. The minimum absolute atomic E-state index is 0.356. The van der Waals surface area contributed by atoms with Crippen molar-refractivity contribution in [3.05, 3.63) is 0 Å². The molecule has 5 N–H and O–H groups in total. The number of carboxylic acids is 2. The number of esters is 2. The van der Waals surface area contributed by atoms with Gasteiger partial charge in [-0.25, -0.2) is 9.59 Å². The Bertz CT molecular complexity index is 632. The zero-order chi connectivity index (χ0) is 23.5. The van der Waals surface area contributed by atoms with E-state index < -0.39 is 66.7 Å². The van der Waals surface area contributed by atoms with Crippen LogP contribution in [0.25, 0.3) is 0 Å². The van der Waals surface area contributed by atoms with Gasteiger partial charge in [0.15, 0.2) is 0 Å². The van der Waals surface area contributed by atoms with Gasteiger partial charge in [0.1, 0.15) is 23.7 Å². The number of nitrogens with one attached hydrogen (secondary N) is 3. The van der Waals surface area contributed by atoms with Crippen LogP contribution >= 0.6 is 0 Å². The van der Waals surface area contributed by atoms with E-state index in [1.165, 1.54) is 0 Å². The van der Waals surface area contributed by atoms with Gasteiger partial charge in [-0.15, -0.1) is 0 Å². The number of carbonyl (C=O) groups is 5. The van der Waals surface area contributed by atoms with Crippen LogP contribution in [-0.4, -0.2) is 91.2 Å². The maximum absolute atomic E-state index is 11.8. The topological polar surface area (TPSA) is 190 Å². The molecule has 13 nitrogen and oxygen atoms in total. The highest BCUT2D eigenvalue weighted by molar-refractivity contribution is 5.83. The van der Waals surface area contributed by atoms with Crippen molar-refractivity contribution in [2.24, 2.45) is 0 Å². The Morgan fingerprint density at radius 1 is 0.833 bits per heavy atom. The largest absolute Gasteiger partial charge is 0.480 e. The molecule has 0 spiro atoms. The van der Waals surface area contributed by atoms with Crippen LogP contribution in [0, 0.1) is 0 Å². The number of aliphatic carboxylic acids is 2. The molecule has 0 unspecified atom stereocenters. The highest BCUT2D eigenvalue weighted by atomic mass is 16.6. The molecule has 0 rings (SSSR count). The molecular formula is C17H29N3O10. The minimum atomic E-state index is -1.48. The summed E-state index contributed by atoms with van der Waals surface area (Å²) in [5.74, 6) is -4.29. The van der Waals surface area contributed by atoms with E-state index in [0.717, 1.165) is 14.2 Å². The number of ether oxygens (including phenoxy) is 3. The van der Waals surface area contributed by atoms with Crippen molar-refractivity contribution in [1.82, 2.24) is 16.0 Å². The number of amides is 1. The van der Waals surface area contributed by atoms with Crippen molar-refractivity contribution in [2.75, 3.05) is 27.3 Å². The van der Waals surface area contributed by atoms with Gasteiger partial charge in [-0.05, 0) is 20.8 Å². The molecule has 0 fully saturated rings. The molecule has 0 aromatic heterocycles. The molecule has 0 aromatic carbocycles. The number of hydrogen-bond donors (Lipinski definition) is 5. The van der Waals surface area contributed by atoms with Crippen molar-refractivity contribution in [3.8, 4) is 0 Å². The molecule has 0 saturated heterocycles. The fourth-order valence-electron chi connectivity index (χ4n) is 2.05.